The van der Waals surface area contributed by atoms with Crippen LogP contribution in [0.25, 0.3) is 0 Å². The molecule has 0 unspecified atom stereocenters. The van der Waals surface area contributed by atoms with Crippen LogP contribution in [0, 0.1) is 34.5 Å². The molecule has 0 amide bonds. The Labute approximate surface area is 215 Å². The Morgan fingerprint density at radius 2 is 1.64 bits per heavy atom. The smallest absolute Gasteiger partial charge is 0.309 e. The number of allylic oxidation sites excluding steroid dienone is 1. The van der Waals surface area contributed by atoms with Crippen LogP contribution >= 0.6 is 0 Å². The van der Waals surface area contributed by atoms with Crippen LogP contribution in [0.1, 0.15) is 109 Å². The van der Waals surface area contributed by atoms with E-state index in [0.29, 0.717) is 17.9 Å². The third-order valence-corrected chi connectivity index (χ3v) is 12.2. The van der Waals surface area contributed by atoms with Gasteiger partial charge in [-0.25, -0.2) is 0 Å². The number of phenolic OH excluding ortho intramolecular Hbond substituents is 2. The summed E-state index contributed by atoms with van der Waals surface area (Å²) in [6.45, 7) is 15.0. The van der Waals surface area contributed by atoms with Gasteiger partial charge < -0.3 is 20.4 Å². The van der Waals surface area contributed by atoms with E-state index in [1.54, 1.807) is 13.0 Å². The van der Waals surface area contributed by atoms with Gasteiger partial charge >= 0.3 is 5.97 Å². The van der Waals surface area contributed by atoms with Gasteiger partial charge in [-0.3, -0.25) is 4.79 Å². The lowest BCUT2D eigenvalue weighted by atomic mass is 9.34. The zero-order valence-corrected chi connectivity index (χ0v) is 23.0. The molecular weight excluding hydrogens is 452 g/mol. The van der Waals surface area contributed by atoms with Crippen molar-refractivity contribution in [2.24, 2.45) is 27.6 Å². The van der Waals surface area contributed by atoms with Gasteiger partial charge in [-0.2, -0.15) is 0 Å². The van der Waals surface area contributed by atoms with E-state index in [2.05, 4.69) is 33.8 Å². The van der Waals surface area contributed by atoms with E-state index in [1.807, 2.05) is 13.8 Å². The summed E-state index contributed by atoms with van der Waals surface area (Å²) in [5.74, 6) is -0.845. The zero-order valence-electron chi connectivity index (χ0n) is 23.0. The highest BCUT2D eigenvalue weighted by Gasteiger charge is 2.67. The standard InChI is InChI=1S/C31H44O5/c1-17-24-19(18(2)32)14-22-29(5,20(24)15-21(33)25(17)34)11-13-31(7)23-16-28(4,26(35)36)9-8-27(23,3)10-12-30(22,31)6/h14-15,18-19,23,32-34H,8-13,16H2,1-7H3,(H,35,36)/t18-,19+,23+,27+,28+,29-,30+,31-/m0/s1. The number of benzene rings is 1. The molecule has 198 valence electrons. The molecule has 5 heteroatoms. The summed E-state index contributed by atoms with van der Waals surface area (Å²) >= 11 is 0. The van der Waals surface area contributed by atoms with Gasteiger partial charge in [-0.15, -0.1) is 0 Å². The number of aliphatic hydroxyl groups is 1. The van der Waals surface area contributed by atoms with E-state index in [9.17, 15) is 25.2 Å². The lowest BCUT2D eigenvalue weighted by Gasteiger charge is -2.70. The molecule has 8 atom stereocenters. The monoisotopic (exact) mass is 496 g/mol. The minimum atomic E-state index is -0.692. The maximum atomic E-state index is 12.3. The van der Waals surface area contributed by atoms with Gasteiger partial charge in [-0.1, -0.05) is 39.3 Å². The summed E-state index contributed by atoms with van der Waals surface area (Å²) in [7, 11) is 0. The zero-order chi connectivity index (χ0) is 26.6. The number of hydrogen-bond acceptors (Lipinski definition) is 4. The third kappa shape index (κ3) is 3.01. The topological polar surface area (TPSA) is 98.0 Å². The van der Waals surface area contributed by atoms with Gasteiger partial charge in [0, 0.05) is 11.3 Å². The molecule has 0 spiro atoms. The van der Waals surface area contributed by atoms with E-state index in [1.165, 1.54) is 5.57 Å². The van der Waals surface area contributed by atoms with Crippen LogP contribution in [-0.2, 0) is 10.2 Å². The van der Waals surface area contributed by atoms with Gasteiger partial charge in [-0.05, 0) is 111 Å². The van der Waals surface area contributed by atoms with Crippen molar-refractivity contribution < 1.29 is 25.2 Å². The van der Waals surface area contributed by atoms with Crippen LogP contribution in [0.15, 0.2) is 17.7 Å². The number of phenols is 2. The molecule has 0 aliphatic heterocycles. The fourth-order valence-corrected chi connectivity index (χ4v) is 9.36. The Bertz CT molecular complexity index is 1170. The molecule has 1 aromatic carbocycles. The lowest BCUT2D eigenvalue weighted by Crippen LogP contribution is -2.62. The molecule has 0 saturated heterocycles. The highest BCUT2D eigenvalue weighted by atomic mass is 16.4. The molecule has 5 nitrogen and oxygen atoms in total. The fourth-order valence-electron chi connectivity index (χ4n) is 9.36. The predicted octanol–water partition coefficient (Wildman–Crippen LogP) is 6.57. The van der Waals surface area contributed by atoms with Gasteiger partial charge in [0.2, 0.25) is 0 Å². The number of aliphatic carboxylic acids is 1. The van der Waals surface area contributed by atoms with Crippen molar-refractivity contribution in [1.29, 1.82) is 0 Å². The largest absolute Gasteiger partial charge is 0.504 e. The molecule has 0 heterocycles. The molecule has 5 rings (SSSR count). The first-order valence-electron chi connectivity index (χ1n) is 13.7. The van der Waals surface area contributed by atoms with Crippen LogP contribution in [0.2, 0.25) is 0 Å². The predicted molar refractivity (Wildman–Crippen MR) is 140 cm³/mol. The molecule has 4 N–H and O–H groups in total. The Balaban J connectivity index is 1.70. The van der Waals surface area contributed by atoms with Crippen molar-refractivity contribution in [1.82, 2.24) is 0 Å². The summed E-state index contributed by atoms with van der Waals surface area (Å²) in [6.07, 6.45) is 8.02. The Morgan fingerprint density at radius 1 is 1.00 bits per heavy atom. The quantitative estimate of drug-likeness (QED) is 0.274. The second-order valence-corrected chi connectivity index (χ2v) is 14.0. The average Bonchev–Trinajstić information content (AvgIpc) is 2.80. The second kappa shape index (κ2) is 7.52. The number of aromatic hydroxyl groups is 2. The maximum absolute atomic E-state index is 12.3. The summed E-state index contributed by atoms with van der Waals surface area (Å²) in [5.41, 5.74) is 2.83. The number of fused-ring (bicyclic) bond motifs is 7. The molecular formula is C31H44O5. The second-order valence-electron chi connectivity index (χ2n) is 14.0. The van der Waals surface area contributed by atoms with Crippen molar-refractivity contribution in [2.75, 3.05) is 0 Å². The Hall–Kier alpha value is -2.01. The first-order chi connectivity index (χ1) is 16.5. The van der Waals surface area contributed by atoms with Crippen LogP contribution in [-0.4, -0.2) is 32.5 Å². The van der Waals surface area contributed by atoms with E-state index in [0.717, 1.165) is 49.7 Å². The molecule has 3 fully saturated rings. The summed E-state index contributed by atoms with van der Waals surface area (Å²) in [5, 5.41) is 42.3. The lowest BCUT2D eigenvalue weighted by molar-refractivity contribution is -0.177. The van der Waals surface area contributed by atoms with Crippen LogP contribution in [0.3, 0.4) is 0 Å². The van der Waals surface area contributed by atoms with Gasteiger partial charge in [0.1, 0.15) is 0 Å². The molecule has 0 radical (unpaired) electrons. The minimum Gasteiger partial charge on any atom is -0.504 e. The number of rotatable bonds is 2. The van der Waals surface area contributed by atoms with Gasteiger partial charge in [0.05, 0.1) is 11.5 Å². The summed E-state index contributed by atoms with van der Waals surface area (Å²) in [4.78, 5) is 12.3. The first-order valence-corrected chi connectivity index (χ1v) is 13.7. The third-order valence-electron chi connectivity index (χ3n) is 12.2. The van der Waals surface area contributed by atoms with E-state index in [4.69, 9.17) is 0 Å². The average molecular weight is 497 g/mol. The van der Waals surface area contributed by atoms with E-state index >= 15 is 0 Å². The molecule has 4 aliphatic rings. The number of aliphatic hydroxyl groups excluding tert-OH is 1. The summed E-state index contributed by atoms with van der Waals surface area (Å²) < 4.78 is 0. The molecule has 0 bridgehead atoms. The van der Waals surface area contributed by atoms with Crippen LogP contribution < -0.4 is 0 Å². The highest BCUT2D eigenvalue weighted by molar-refractivity contribution is 5.74. The van der Waals surface area contributed by atoms with Crippen molar-refractivity contribution in [3.8, 4) is 11.5 Å². The number of hydrogen-bond donors (Lipinski definition) is 4. The van der Waals surface area contributed by atoms with Gasteiger partial charge in [0.25, 0.3) is 0 Å². The first kappa shape index (κ1) is 25.6. The fraction of sp³-hybridized carbons (Fsp3) is 0.710. The van der Waals surface area contributed by atoms with Gasteiger partial charge in [0.15, 0.2) is 11.5 Å². The molecule has 1 aromatic rings. The number of carboxylic acids is 1. The van der Waals surface area contributed by atoms with Crippen molar-refractivity contribution in [3.05, 3.63) is 34.4 Å². The molecule has 0 aromatic heterocycles. The normalized spacial score (nSPS) is 44.4. The SMILES string of the molecule is Cc1c(O)c(O)cc2c1[C@@H]([C@H](C)O)C=C1[C@@]2(C)CC[C@@]2(C)[C@@H]3C[C@](C)(C(=O)O)CC[C@]3(C)CC[C@]12C. The summed E-state index contributed by atoms with van der Waals surface area (Å²) in [6, 6.07) is 1.74. The van der Waals surface area contributed by atoms with Crippen molar-refractivity contribution >= 4 is 5.97 Å². The van der Waals surface area contributed by atoms with Crippen LogP contribution in [0.5, 0.6) is 11.5 Å². The minimum absolute atomic E-state index is 0.0722. The van der Waals surface area contributed by atoms with E-state index in [-0.39, 0.29) is 39.1 Å². The maximum Gasteiger partial charge on any atom is 0.309 e. The Morgan fingerprint density at radius 3 is 2.25 bits per heavy atom. The Kier molecular flexibility index (Phi) is 5.36. The molecule has 36 heavy (non-hydrogen) atoms. The van der Waals surface area contributed by atoms with Crippen LogP contribution in [0.4, 0.5) is 0 Å². The van der Waals surface area contributed by atoms with Crippen molar-refractivity contribution in [2.45, 2.75) is 111 Å². The number of carboxylic acid groups (broad SMARTS) is 1. The number of carbonyl (C=O) groups is 1. The molecule has 3 saturated carbocycles. The molecule has 4 aliphatic carbocycles. The van der Waals surface area contributed by atoms with Crippen molar-refractivity contribution in [3.63, 3.8) is 0 Å². The highest BCUT2D eigenvalue weighted by Crippen LogP contribution is 2.75. The van der Waals surface area contributed by atoms with E-state index < -0.39 is 17.5 Å².